The molecule has 0 aliphatic heterocycles. The Hall–Kier alpha value is -1.88. The summed E-state index contributed by atoms with van der Waals surface area (Å²) in [6.07, 6.45) is 1.61. The van der Waals surface area contributed by atoms with Gasteiger partial charge in [0.2, 0.25) is 0 Å². The third-order valence-electron chi connectivity index (χ3n) is 2.73. The Morgan fingerprint density at radius 3 is 2.60 bits per heavy atom. The van der Waals surface area contributed by atoms with Crippen molar-refractivity contribution in [2.45, 2.75) is 30.4 Å². The molecule has 0 spiro atoms. The first kappa shape index (κ1) is 14.5. The minimum atomic E-state index is -1.01. The highest BCUT2D eigenvalue weighted by molar-refractivity contribution is 7.98. The summed E-state index contributed by atoms with van der Waals surface area (Å²) >= 11 is 1.44. The molecular weight excluding hydrogens is 272 g/mol. The fraction of sp³-hybridized carbons (Fsp3) is 0.267. The molecule has 0 aliphatic carbocycles. The van der Waals surface area contributed by atoms with Crippen LogP contribution in [0.3, 0.4) is 0 Å². The van der Waals surface area contributed by atoms with Crippen molar-refractivity contribution in [3.05, 3.63) is 53.6 Å². The van der Waals surface area contributed by atoms with E-state index in [2.05, 4.69) is 9.97 Å². The number of hydrogen-bond donors (Lipinski definition) is 1. The van der Waals surface area contributed by atoms with Crippen LogP contribution in [0.1, 0.15) is 41.6 Å². The number of benzene rings is 1. The maximum Gasteiger partial charge on any atom is 0.355 e. The zero-order valence-corrected chi connectivity index (χ0v) is 12.2. The number of carboxylic acids is 1. The molecular formula is C15H16N2O2S. The number of aromatic nitrogens is 2. The van der Waals surface area contributed by atoms with Crippen molar-refractivity contribution in [2.75, 3.05) is 0 Å². The Kier molecular flexibility index (Phi) is 4.74. The van der Waals surface area contributed by atoms with Crippen molar-refractivity contribution in [1.29, 1.82) is 0 Å². The lowest BCUT2D eigenvalue weighted by atomic mass is 10.2. The SMILES string of the molecule is CC(C)c1ncc(SCc2ccccc2)c(C(=O)O)n1. The van der Waals surface area contributed by atoms with Crippen molar-refractivity contribution in [3.8, 4) is 0 Å². The number of rotatable bonds is 5. The smallest absolute Gasteiger partial charge is 0.355 e. The number of hydrogen-bond acceptors (Lipinski definition) is 4. The van der Waals surface area contributed by atoms with E-state index in [0.29, 0.717) is 16.5 Å². The second-order valence-corrected chi connectivity index (χ2v) is 5.69. The molecule has 4 nitrogen and oxygen atoms in total. The minimum absolute atomic E-state index is 0.0876. The van der Waals surface area contributed by atoms with Gasteiger partial charge in [0.25, 0.3) is 0 Å². The van der Waals surface area contributed by atoms with E-state index >= 15 is 0 Å². The molecule has 2 rings (SSSR count). The number of carbonyl (C=O) groups is 1. The Morgan fingerprint density at radius 1 is 1.30 bits per heavy atom. The summed E-state index contributed by atoms with van der Waals surface area (Å²) in [5, 5.41) is 9.27. The fourth-order valence-electron chi connectivity index (χ4n) is 1.66. The van der Waals surface area contributed by atoms with Crippen LogP contribution in [0.4, 0.5) is 0 Å². The second-order valence-electron chi connectivity index (χ2n) is 4.68. The van der Waals surface area contributed by atoms with Gasteiger partial charge in [0.1, 0.15) is 5.82 Å². The van der Waals surface area contributed by atoms with Gasteiger partial charge in [0.15, 0.2) is 5.69 Å². The van der Waals surface area contributed by atoms with E-state index in [1.54, 1.807) is 6.20 Å². The molecule has 0 aliphatic rings. The molecule has 0 saturated heterocycles. The summed E-state index contributed by atoms with van der Waals surface area (Å²) in [5.41, 5.74) is 1.23. The van der Waals surface area contributed by atoms with Crippen LogP contribution in [0.2, 0.25) is 0 Å². The van der Waals surface area contributed by atoms with Crippen LogP contribution in [-0.4, -0.2) is 21.0 Å². The van der Waals surface area contributed by atoms with Gasteiger partial charge in [0, 0.05) is 17.9 Å². The van der Waals surface area contributed by atoms with Crippen molar-refractivity contribution in [3.63, 3.8) is 0 Å². The Labute approximate surface area is 122 Å². The van der Waals surface area contributed by atoms with Crippen molar-refractivity contribution < 1.29 is 9.90 Å². The predicted octanol–water partition coefficient (Wildman–Crippen LogP) is 3.59. The van der Waals surface area contributed by atoms with Crippen LogP contribution in [0.15, 0.2) is 41.4 Å². The van der Waals surface area contributed by atoms with Gasteiger partial charge in [-0.1, -0.05) is 44.2 Å². The van der Waals surface area contributed by atoms with Gasteiger partial charge in [-0.2, -0.15) is 0 Å². The molecule has 20 heavy (non-hydrogen) atoms. The first-order chi connectivity index (χ1) is 9.58. The topological polar surface area (TPSA) is 63.1 Å². The van der Waals surface area contributed by atoms with Crippen LogP contribution in [-0.2, 0) is 5.75 Å². The van der Waals surface area contributed by atoms with Gasteiger partial charge < -0.3 is 5.11 Å². The maximum atomic E-state index is 11.3. The Balaban J connectivity index is 2.21. The summed E-state index contributed by atoms with van der Waals surface area (Å²) in [5.74, 6) is 0.364. The van der Waals surface area contributed by atoms with Crippen LogP contribution >= 0.6 is 11.8 Å². The van der Waals surface area contributed by atoms with Gasteiger partial charge in [-0.05, 0) is 5.56 Å². The molecule has 1 aromatic heterocycles. The van der Waals surface area contributed by atoms with E-state index in [1.165, 1.54) is 11.8 Å². The van der Waals surface area contributed by atoms with E-state index in [4.69, 9.17) is 0 Å². The van der Waals surface area contributed by atoms with E-state index in [1.807, 2.05) is 44.2 Å². The fourth-order valence-corrected chi connectivity index (χ4v) is 2.57. The summed E-state index contributed by atoms with van der Waals surface area (Å²) in [4.78, 5) is 20.3. The van der Waals surface area contributed by atoms with E-state index < -0.39 is 5.97 Å². The molecule has 1 N–H and O–H groups in total. The van der Waals surface area contributed by atoms with Gasteiger partial charge in [-0.15, -0.1) is 11.8 Å². The Bertz CT molecular complexity index is 600. The normalized spacial score (nSPS) is 10.8. The minimum Gasteiger partial charge on any atom is -0.476 e. The number of thioether (sulfide) groups is 1. The second kappa shape index (κ2) is 6.52. The summed E-state index contributed by atoms with van der Waals surface area (Å²) < 4.78 is 0. The average molecular weight is 288 g/mol. The first-order valence-corrected chi connectivity index (χ1v) is 7.33. The highest BCUT2D eigenvalue weighted by Gasteiger charge is 2.16. The molecule has 0 saturated carbocycles. The molecule has 0 amide bonds. The van der Waals surface area contributed by atoms with Crippen LogP contribution in [0.25, 0.3) is 0 Å². The zero-order chi connectivity index (χ0) is 14.5. The maximum absolute atomic E-state index is 11.3. The van der Waals surface area contributed by atoms with Gasteiger partial charge in [-0.3, -0.25) is 0 Å². The zero-order valence-electron chi connectivity index (χ0n) is 11.4. The molecule has 0 radical (unpaired) electrons. The van der Waals surface area contributed by atoms with Gasteiger partial charge in [-0.25, -0.2) is 14.8 Å². The number of carboxylic acid groups (broad SMARTS) is 1. The van der Waals surface area contributed by atoms with Crippen molar-refractivity contribution >= 4 is 17.7 Å². The van der Waals surface area contributed by atoms with Gasteiger partial charge in [0.05, 0.1) is 4.90 Å². The summed E-state index contributed by atoms with van der Waals surface area (Å²) in [6, 6.07) is 9.91. The number of nitrogens with zero attached hydrogens (tertiary/aromatic N) is 2. The largest absolute Gasteiger partial charge is 0.476 e. The molecule has 104 valence electrons. The number of aromatic carboxylic acids is 1. The quantitative estimate of drug-likeness (QED) is 0.852. The average Bonchev–Trinajstić information content (AvgIpc) is 2.45. The molecule has 0 bridgehead atoms. The molecule has 0 fully saturated rings. The van der Waals surface area contributed by atoms with E-state index in [0.717, 1.165) is 5.56 Å². The first-order valence-electron chi connectivity index (χ1n) is 6.35. The van der Waals surface area contributed by atoms with E-state index in [-0.39, 0.29) is 11.6 Å². The molecule has 0 unspecified atom stereocenters. The summed E-state index contributed by atoms with van der Waals surface area (Å²) in [7, 11) is 0. The molecule has 1 aromatic carbocycles. The Morgan fingerprint density at radius 2 is 2.00 bits per heavy atom. The van der Waals surface area contributed by atoms with Crippen molar-refractivity contribution in [1.82, 2.24) is 9.97 Å². The lowest BCUT2D eigenvalue weighted by molar-refractivity contribution is 0.0685. The lowest BCUT2D eigenvalue weighted by Gasteiger charge is -2.08. The molecule has 2 aromatic rings. The highest BCUT2D eigenvalue weighted by atomic mass is 32.2. The van der Waals surface area contributed by atoms with Gasteiger partial charge >= 0.3 is 5.97 Å². The van der Waals surface area contributed by atoms with Crippen LogP contribution in [0.5, 0.6) is 0 Å². The standard InChI is InChI=1S/C15H16N2O2S/c1-10(2)14-16-8-12(13(17-14)15(18)19)20-9-11-6-4-3-5-7-11/h3-8,10H,9H2,1-2H3,(H,18,19). The molecule has 1 heterocycles. The highest BCUT2D eigenvalue weighted by Crippen LogP contribution is 2.25. The molecule has 0 atom stereocenters. The predicted molar refractivity (Wildman–Crippen MR) is 79.1 cm³/mol. The third kappa shape index (κ3) is 3.57. The summed E-state index contributed by atoms with van der Waals surface area (Å²) in [6.45, 7) is 3.88. The lowest BCUT2D eigenvalue weighted by Crippen LogP contribution is -2.08. The van der Waals surface area contributed by atoms with E-state index in [9.17, 15) is 9.90 Å². The monoisotopic (exact) mass is 288 g/mol. The molecule has 5 heteroatoms. The van der Waals surface area contributed by atoms with Crippen molar-refractivity contribution in [2.24, 2.45) is 0 Å². The van der Waals surface area contributed by atoms with Crippen LogP contribution in [0, 0.1) is 0 Å². The van der Waals surface area contributed by atoms with Crippen LogP contribution < -0.4 is 0 Å². The third-order valence-corrected chi connectivity index (χ3v) is 3.82.